The van der Waals surface area contributed by atoms with Gasteiger partial charge in [-0.1, -0.05) is 30.3 Å². The first kappa shape index (κ1) is 21.4. The molecule has 1 fully saturated rings. The molecule has 4 rings (SSSR count). The number of hydrogen-bond donors (Lipinski definition) is 0. The zero-order valence-corrected chi connectivity index (χ0v) is 18.7. The van der Waals surface area contributed by atoms with E-state index in [9.17, 15) is 9.59 Å². The second-order valence-electron chi connectivity index (χ2n) is 8.81. The number of carbonyl (C=O) groups is 2. The number of fused-ring (bicyclic) bond motifs is 1. The summed E-state index contributed by atoms with van der Waals surface area (Å²) in [5, 5.41) is 0. The van der Waals surface area contributed by atoms with Crippen molar-refractivity contribution in [3.63, 3.8) is 0 Å². The minimum Gasteiger partial charge on any atom is -0.369 e. The third-order valence-electron chi connectivity index (χ3n) is 6.38. The second kappa shape index (κ2) is 8.38. The maximum atomic E-state index is 13.1. The summed E-state index contributed by atoms with van der Waals surface area (Å²) in [6.07, 6.45) is 2.80. The summed E-state index contributed by atoms with van der Waals surface area (Å²) < 4.78 is 5.42. The fourth-order valence-corrected chi connectivity index (χ4v) is 4.39. The van der Waals surface area contributed by atoms with Crippen LogP contribution >= 0.6 is 0 Å². The zero-order chi connectivity index (χ0) is 22.2. The van der Waals surface area contributed by atoms with E-state index in [1.54, 1.807) is 25.9 Å². The topological polar surface area (TPSA) is 75.6 Å². The molecular formula is C24H30N4O3. The van der Waals surface area contributed by atoms with Crippen LogP contribution < -0.4 is 4.90 Å². The third-order valence-corrected chi connectivity index (χ3v) is 6.38. The largest absolute Gasteiger partial charge is 0.369 e. The van der Waals surface area contributed by atoms with E-state index in [0.717, 1.165) is 29.7 Å². The lowest BCUT2D eigenvalue weighted by atomic mass is 10.0. The first-order chi connectivity index (χ1) is 14.8. The van der Waals surface area contributed by atoms with Gasteiger partial charge < -0.3 is 9.64 Å². The Bertz CT molecular complexity index is 990. The van der Waals surface area contributed by atoms with Crippen molar-refractivity contribution in [3.8, 4) is 0 Å². The number of methoxy groups -OCH3 is 1. The first-order valence-corrected chi connectivity index (χ1v) is 10.9. The van der Waals surface area contributed by atoms with Crippen molar-refractivity contribution in [2.75, 3.05) is 18.6 Å². The van der Waals surface area contributed by atoms with E-state index in [-0.39, 0.29) is 17.9 Å². The van der Waals surface area contributed by atoms with Gasteiger partial charge in [0, 0.05) is 31.3 Å². The fourth-order valence-electron chi connectivity index (χ4n) is 4.39. The molecule has 7 heteroatoms. The maximum absolute atomic E-state index is 13.1. The van der Waals surface area contributed by atoms with Gasteiger partial charge in [-0.2, -0.15) is 0 Å². The zero-order valence-electron chi connectivity index (χ0n) is 18.7. The Morgan fingerprint density at radius 3 is 2.65 bits per heavy atom. The number of carbonyl (C=O) groups excluding carboxylic acids is 2. The van der Waals surface area contributed by atoms with Crippen LogP contribution in [0.5, 0.6) is 0 Å². The van der Waals surface area contributed by atoms with E-state index in [1.807, 2.05) is 42.2 Å². The number of nitrogens with zero attached hydrogens (tertiary/aromatic N) is 4. The Morgan fingerprint density at radius 1 is 1.19 bits per heavy atom. The van der Waals surface area contributed by atoms with Crippen molar-refractivity contribution in [1.82, 2.24) is 14.9 Å². The Hall–Kier alpha value is -2.80. The van der Waals surface area contributed by atoms with Gasteiger partial charge in [0.1, 0.15) is 11.4 Å². The van der Waals surface area contributed by atoms with E-state index in [2.05, 4.69) is 0 Å². The van der Waals surface area contributed by atoms with Crippen LogP contribution in [0.2, 0.25) is 0 Å². The molecule has 2 aromatic rings. The molecular weight excluding hydrogens is 392 g/mol. The van der Waals surface area contributed by atoms with Crippen LogP contribution in [-0.2, 0) is 27.3 Å². The number of rotatable bonds is 5. The highest BCUT2D eigenvalue weighted by Gasteiger charge is 2.40. The van der Waals surface area contributed by atoms with E-state index in [0.29, 0.717) is 37.6 Å². The first-order valence-electron chi connectivity index (χ1n) is 10.9. The van der Waals surface area contributed by atoms with Crippen molar-refractivity contribution in [2.45, 2.75) is 64.6 Å². The predicted molar refractivity (Wildman–Crippen MR) is 117 cm³/mol. The molecule has 1 saturated heterocycles. The Labute approximate surface area is 183 Å². The molecule has 2 amide bonds. The lowest BCUT2D eigenvalue weighted by Crippen LogP contribution is -2.46. The van der Waals surface area contributed by atoms with Gasteiger partial charge in [-0.05, 0) is 45.6 Å². The van der Waals surface area contributed by atoms with Gasteiger partial charge in [0.2, 0.25) is 5.91 Å². The minimum absolute atomic E-state index is 0.0614. The molecule has 1 aromatic heterocycles. The number of benzene rings is 1. The quantitative estimate of drug-likeness (QED) is 0.739. The standard InChI is InChI=1S/C24H30N4O3/c1-16-18-12-13-20(29)28(15-17-9-6-5-7-10-17)22(18)26-21(25-16)19-11-8-14-27(19)23(30)24(2,3)31-4/h5-7,9-10,19H,8,11-15H2,1-4H3/t19-/m0/s1. The van der Waals surface area contributed by atoms with Crippen molar-refractivity contribution < 1.29 is 14.3 Å². The molecule has 2 aliphatic rings. The Balaban J connectivity index is 1.70. The van der Waals surface area contributed by atoms with E-state index >= 15 is 0 Å². The smallest absolute Gasteiger partial charge is 0.254 e. The molecule has 0 radical (unpaired) electrons. The van der Waals surface area contributed by atoms with Gasteiger partial charge >= 0.3 is 0 Å². The highest BCUT2D eigenvalue weighted by atomic mass is 16.5. The Morgan fingerprint density at radius 2 is 1.94 bits per heavy atom. The molecule has 2 aliphatic heterocycles. The SMILES string of the molecule is COC(C)(C)C(=O)N1CCC[C@H]1c1nc(C)c2c(n1)N(Cc1ccccc1)C(=O)CC2. The summed E-state index contributed by atoms with van der Waals surface area (Å²) in [6, 6.07) is 9.73. The molecule has 1 aromatic carbocycles. The maximum Gasteiger partial charge on any atom is 0.254 e. The highest BCUT2D eigenvalue weighted by molar-refractivity contribution is 5.95. The molecule has 31 heavy (non-hydrogen) atoms. The van der Waals surface area contributed by atoms with Gasteiger partial charge in [0.15, 0.2) is 5.82 Å². The van der Waals surface area contributed by atoms with Gasteiger partial charge in [-0.3, -0.25) is 14.5 Å². The van der Waals surface area contributed by atoms with Gasteiger partial charge in [-0.15, -0.1) is 0 Å². The van der Waals surface area contributed by atoms with E-state index < -0.39 is 5.60 Å². The molecule has 164 valence electrons. The number of hydrogen-bond acceptors (Lipinski definition) is 5. The molecule has 0 bridgehead atoms. The highest BCUT2D eigenvalue weighted by Crippen LogP contribution is 2.36. The summed E-state index contributed by atoms with van der Waals surface area (Å²) in [4.78, 5) is 39.2. The average Bonchev–Trinajstić information content (AvgIpc) is 3.25. The van der Waals surface area contributed by atoms with Crippen LogP contribution in [0, 0.1) is 6.92 Å². The fraction of sp³-hybridized carbons (Fsp3) is 0.500. The normalized spacial score (nSPS) is 19.0. The molecule has 7 nitrogen and oxygen atoms in total. The van der Waals surface area contributed by atoms with Crippen LogP contribution in [0.1, 0.15) is 61.8 Å². The molecule has 3 heterocycles. The van der Waals surface area contributed by atoms with Crippen LogP contribution in [-0.4, -0.2) is 45.9 Å². The molecule has 0 saturated carbocycles. The van der Waals surface area contributed by atoms with Crippen molar-refractivity contribution >= 4 is 17.6 Å². The molecule has 0 aliphatic carbocycles. The number of likely N-dealkylation sites (tertiary alicyclic amines) is 1. The van der Waals surface area contributed by atoms with Gasteiger partial charge in [0.25, 0.3) is 5.91 Å². The summed E-state index contributed by atoms with van der Waals surface area (Å²) in [5.74, 6) is 1.31. The lowest BCUT2D eigenvalue weighted by Gasteiger charge is -2.33. The molecule has 0 spiro atoms. The molecule has 1 atom stereocenters. The van der Waals surface area contributed by atoms with E-state index in [4.69, 9.17) is 14.7 Å². The number of anilines is 1. The summed E-state index contributed by atoms with van der Waals surface area (Å²) in [7, 11) is 1.55. The van der Waals surface area contributed by atoms with Gasteiger partial charge in [0.05, 0.1) is 12.6 Å². The van der Waals surface area contributed by atoms with Crippen LogP contribution in [0.4, 0.5) is 5.82 Å². The molecule has 0 unspecified atom stereocenters. The van der Waals surface area contributed by atoms with Crippen LogP contribution in [0.25, 0.3) is 0 Å². The third kappa shape index (κ3) is 4.06. The summed E-state index contributed by atoms with van der Waals surface area (Å²) in [5.41, 5.74) is 2.06. The lowest BCUT2D eigenvalue weighted by molar-refractivity contribution is -0.152. The summed E-state index contributed by atoms with van der Waals surface area (Å²) >= 11 is 0. The van der Waals surface area contributed by atoms with Crippen LogP contribution in [0.15, 0.2) is 30.3 Å². The van der Waals surface area contributed by atoms with Crippen molar-refractivity contribution in [2.24, 2.45) is 0 Å². The predicted octanol–water partition coefficient (Wildman–Crippen LogP) is 3.35. The monoisotopic (exact) mass is 422 g/mol. The average molecular weight is 423 g/mol. The number of aromatic nitrogens is 2. The number of ether oxygens (including phenoxy) is 1. The van der Waals surface area contributed by atoms with Crippen LogP contribution in [0.3, 0.4) is 0 Å². The van der Waals surface area contributed by atoms with Crippen molar-refractivity contribution in [1.29, 1.82) is 0 Å². The number of amides is 2. The Kier molecular flexibility index (Phi) is 5.79. The molecule has 0 N–H and O–H groups in total. The van der Waals surface area contributed by atoms with Crippen molar-refractivity contribution in [3.05, 3.63) is 53.0 Å². The minimum atomic E-state index is -0.902. The van der Waals surface area contributed by atoms with Gasteiger partial charge in [-0.25, -0.2) is 9.97 Å². The van der Waals surface area contributed by atoms with E-state index in [1.165, 1.54) is 0 Å². The number of aryl methyl sites for hydroxylation is 1. The summed E-state index contributed by atoms with van der Waals surface area (Å²) in [6.45, 7) is 6.67. The second-order valence-corrected chi connectivity index (χ2v) is 8.81.